The second kappa shape index (κ2) is 11.3. The van der Waals surface area contributed by atoms with Crippen LogP contribution in [0.2, 0.25) is 5.02 Å². The average molecular weight is 433 g/mol. The molecule has 0 aromatic heterocycles. The summed E-state index contributed by atoms with van der Waals surface area (Å²) in [6.07, 6.45) is 0. The molecule has 0 fully saturated rings. The number of nitrogens with zero attached hydrogens (tertiary/aromatic N) is 2. The molecule has 0 spiro atoms. The molecule has 0 saturated heterocycles. The largest absolute Gasteiger partial charge is 0.493 e. The average Bonchev–Trinajstić information content (AvgIpc) is 2.75. The van der Waals surface area contributed by atoms with Gasteiger partial charge in [-0.15, -0.1) is 0 Å². The minimum absolute atomic E-state index is 0.0172. The van der Waals surface area contributed by atoms with E-state index in [4.69, 9.17) is 21.1 Å². The molecule has 30 heavy (non-hydrogen) atoms. The fraction of sp³-hybridized carbons (Fsp3) is 0.364. The summed E-state index contributed by atoms with van der Waals surface area (Å²) in [5.41, 5.74) is 2.64. The number of aliphatic imine (C=N–C) groups is 1. The van der Waals surface area contributed by atoms with Gasteiger partial charge in [-0.2, -0.15) is 0 Å². The summed E-state index contributed by atoms with van der Waals surface area (Å²) < 4.78 is 10.9. The van der Waals surface area contributed by atoms with Crippen LogP contribution >= 0.6 is 11.6 Å². The molecule has 2 aromatic rings. The zero-order chi connectivity index (χ0) is 22.1. The van der Waals surface area contributed by atoms with Crippen molar-refractivity contribution in [2.24, 2.45) is 4.99 Å². The van der Waals surface area contributed by atoms with Crippen molar-refractivity contribution in [1.82, 2.24) is 15.5 Å². The lowest BCUT2D eigenvalue weighted by Gasteiger charge is -2.15. The summed E-state index contributed by atoms with van der Waals surface area (Å²) in [7, 11) is 6.77. The molecule has 0 atom stereocenters. The Morgan fingerprint density at radius 1 is 1.10 bits per heavy atom. The standard InChI is InChI=1S/C22H29ClN4O3/c1-6-30-20-18(23)11-16(12-19(20)29-5)14-26-22(24-2)25-13-15-7-9-17(10-8-15)21(28)27(3)4/h7-12H,6,13-14H2,1-5H3,(H2,24,25,26). The van der Waals surface area contributed by atoms with Crippen LogP contribution in [0.5, 0.6) is 11.5 Å². The quantitative estimate of drug-likeness (QED) is 0.494. The summed E-state index contributed by atoms with van der Waals surface area (Å²) in [5.74, 6) is 1.77. The Kier molecular flexibility index (Phi) is 8.80. The topological polar surface area (TPSA) is 75.2 Å². The van der Waals surface area contributed by atoms with Crippen molar-refractivity contribution in [2.75, 3.05) is 34.9 Å². The van der Waals surface area contributed by atoms with Gasteiger partial charge < -0.3 is 25.0 Å². The van der Waals surface area contributed by atoms with Gasteiger partial charge in [0.25, 0.3) is 5.91 Å². The fourth-order valence-corrected chi connectivity index (χ4v) is 3.06. The molecule has 8 heteroatoms. The smallest absolute Gasteiger partial charge is 0.253 e. The normalized spacial score (nSPS) is 11.1. The van der Waals surface area contributed by atoms with Crippen LogP contribution in [0, 0.1) is 0 Å². The van der Waals surface area contributed by atoms with Gasteiger partial charge in [0.2, 0.25) is 0 Å². The van der Waals surface area contributed by atoms with E-state index in [1.807, 2.05) is 43.3 Å². The highest BCUT2D eigenvalue weighted by molar-refractivity contribution is 6.32. The second-order valence-electron chi connectivity index (χ2n) is 6.72. The molecule has 0 saturated carbocycles. The number of halogens is 1. The van der Waals surface area contributed by atoms with Crippen LogP contribution in [0.1, 0.15) is 28.4 Å². The van der Waals surface area contributed by atoms with E-state index in [2.05, 4.69) is 15.6 Å². The first kappa shape index (κ1) is 23.3. The molecular formula is C22H29ClN4O3. The van der Waals surface area contributed by atoms with E-state index in [-0.39, 0.29) is 5.91 Å². The van der Waals surface area contributed by atoms with E-state index in [0.717, 1.165) is 11.1 Å². The number of methoxy groups -OCH3 is 1. The molecule has 2 aromatic carbocycles. The van der Waals surface area contributed by atoms with E-state index in [1.54, 1.807) is 33.2 Å². The third kappa shape index (κ3) is 6.29. The third-order valence-electron chi connectivity index (χ3n) is 4.33. The van der Waals surface area contributed by atoms with Crippen LogP contribution in [0.3, 0.4) is 0 Å². The highest BCUT2D eigenvalue weighted by atomic mass is 35.5. The molecular weight excluding hydrogens is 404 g/mol. The number of rotatable bonds is 8. The monoisotopic (exact) mass is 432 g/mol. The molecule has 0 unspecified atom stereocenters. The molecule has 7 nitrogen and oxygen atoms in total. The zero-order valence-corrected chi connectivity index (χ0v) is 18.8. The van der Waals surface area contributed by atoms with Gasteiger partial charge >= 0.3 is 0 Å². The second-order valence-corrected chi connectivity index (χ2v) is 7.13. The Morgan fingerprint density at radius 3 is 2.27 bits per heavy atom. The zero-order valence-electron chi connectivity index (χ0n) is 18.1. The number of carbonyl (C=O) groups excluding carboxylic acids is 1. The van der Waals surface area contributed by atoms with Gasteiger partial charge in [0.1, 0.15) is 0 Å². The highest BCUT2D eigenvalue weighted by Gasteiger charge is 2.12. The Hall–Kier alpha value is -2.93. The van der Waals surface area contributed by atoms with Crippen molar-refractivity contribution in [3.8, 4) is 11.5 Å². The molecule has 2 rings (SSSR count). The molecule has 0 aliphatic carbocycles. The molecule has 0 radical (unpaired) electrons. The third-order valence-corrected chi connectivity index (χ3v) is 4.61. The Labute approximate surface area is 183 Å². The van der Waals surface area contributed by atoms with E-state index < -0.39 is 0 Å². The first-order chi connectivity index (χ1) is 14.4. The number of amides is 1. The van der Waals surface area contributed by atoms with Crippen molar-refractivity contribution in [3.63, 3.8) is 0 Å². The number of guanidine groups is 1. The van der Waals surface area contributed by atoms with Crippen LogP contribution in [0.15, 0.2) is 41.4 Å². The minimum atomic E-state index is -0.0172. The molecule has 0 aliphatic rings. The summed E-state index contributed by atoms with van der Waals surface area (Å²) in [4.78, 5) is 17.8. The van der Waals surface area contributed by atoms with Gasteiger partial charge in [-0.05, 0) is 42.3 Å². The first-order valence-electron chi connectivity index (χ1n) is 9.63. The lowest BCUT2D eigenvalue weighted by atomic mass is 10.1. The van der Waals surface area contributed by atoms with Crippen LogP contribution < -0.4 is 20.1 Å². The Morgan fingerprint density at radius 2 is 1.73 bits per heavy atom. The van der Waals surface area contributed by atoms with Crippen LogP contribution in [0.4, 0.5) is 0 Å². The number of carbonyl (C=O) groups is 1. The minimum Gasteiger partial charge on any atom is -0.493 e. The molecule has 2 N–H and O–H groups in total. The van der Waals surface area contributed by atoms with E-state index in [0.29, 0.717) is 47.7 Å². The van der Waals surface area contributed by atoms with Gasteiger partial charge in [-0.1, -0.05) is 23.7 Å². The van der Waals surface area contributed by atoms with Crippen LogP contribution in [0.25, 0.3) is 0 Å². The summed E-state index contributed by atoms with van der Waals surface area (Å²) >= 11 is 6.33. The summed E-state index contributed by atoms with van der Waals surface area (Å²) in [6, 6.07) is 11.2. The number of hydrogen-bond acceptors (Lipinski definition) is 4. The molecule has 1 amide bonds. The predicted molar refractivity (Wildman–Crippen MR) is 121 cm³/mol. The first-order valence-corrected chi connectivity index (χ1v) is 10.0. The summed E-state index contributed by atoms with van der Waals surface area (Å²) in [6.45, 7) is 3.49. The van der Waals surface area contributed by atoms with E-state index >= 15 is 0 Å². The van der Waals surface area contributed by atoms with Gasteiger partial charge in [0.05, 0.1) is 18.7 Å². The number of benzene rings is 2. The van der Waals surface area contributed by atoms with E-state index in [9.17, 15) is 4.79 Å². The number of ether oxygens (including phenoxy) is 2. The summed E-state index contributed by atoms with van der Waals surface area (Å²) in [5, 5.41) is 7.01. The van der Waals surface area contributed by atoms with Crippen molar-refractivity contribution in [3.05, 3.63) is 58.1 Å². The van der Waals surface area contributed by atoms with Crippen molar-refractivity contribution in [1.29, 1.82) is 0 Å². The maximum Gasteiger partial charge on any atom is 0.253 e. The Bertz CT molecular complexity index is 883. The van der Waals surface area contributed by atoms with Crippen molar-refractivity contribution < 1.29 is 14.3 Å². The van der Waals surface area contributed by atoms with Crippen LogP contribution in [-0.2, 0) is 13.1 Å². The van der Waals surface area contributed by atoms with Gasteiger partial charge in [0.15, 0.2) is 17.5 Å². The molecule has 0 heterocycles. The fourth-order valence-electron chi connectivity index (χ4n) is 2.78. The molecule has 0 bridgehead atoms. The number of nitrogens with one attached hydrogen (secondary N) is 2. The highest BCUT2D eigenvalue weighted by Crippen LogP contribution is 2.36. The molecule has 162 valence electrons. The van der Waals surface area contributed by atoms with Gasteiger partial charge in [0, 0.05) is 39.8 Å². The SMILES string of the molecule is CCOc1c(Cl)cc(CNC(=NC)NCc2ccc(C(=O)N(C)C)cc2)cc1OC. The van der Waals surface area contributed by atoms with E-state index in [1.165, 1.54) is 0 Å². The van der Waals surface area contributed by atoms with Gasteiger partial charge in [-0.3, -0.25) is 9.79 Å². The Balaban J connectivity index is 1.95. The van der Waals surface area contributed by atoms with Crippen LogP contribution in [-0.4, -0.2) is 51.6 Å². The maximum atomic E-state index is 12.0. The lowest BCUT2D eigenvalue weighted by Crippen LogP contribution is -2.36. The van der Waals surface area contributed by atoms with Crippen molar-refractivity contribution in [2.45, 2.75) is 20.0 Å². The predicted octanol–water partition coefficient (Wildman–Crippen LogP) is 3.31. The lowest BCUT2D eigenvalue weighted by molar-refractivity contribution is 0.0827. The molecule has 0 aliphatic heterocycles. The number of hydrogen-bond donors (Lipinski definition) is 2. The van der Waals surface area contributed by atoms with Crippen molar-refractivity contribution >= 4 is 23.5 Å². The maximum absolute atomic E-state index is 12.0. The van der Waals surface area contributed by atoms with Gasteiger partial charge in [-0.25, -0.2) is 0 Å².